The molecule has 20 heavy (non-hydrogen) atoms. The van der Waals surface area contributed by atoms with E-state index in [0.29, 0.717) is 0 Å². The molecule has 0 aliphatic heterocycles. The van der Waals surface area contributed by atoms with Gasteiger partial charge in [0.1, 0.15) is 0 Å². The van der Waals surface area contributed by atoms with Gasteiger partial charge in [-0.1, -0.05) is 51.0 Å². The van der Waals surface area contributed by atoms with Crippen molar-refractivity contribution in [1.29, 1.82) is 0 Å². The van der Waals surface area contributed by atoms with Crippen LogP contribution >= 0.6 is 0 Å². The third-order valence-corrected chi connectivity index (χ3v) is 3.84. The molecule has 2 rings (SSSR count). The Morgan fingerprint density at radius 2 is 1.45 bits per heavy atom. The van der Waals surface area contributed by atoms with Gasteiger partial charge in [0.05, 0.1) is 0 Å². The number of hydrogen-bond donors (Lipinski definition) is 1. The molecular formula is C18H26N2. The van der Waals surface area contributed by atoms with E-state index in [-0.39, 0.29) is 0 Å². The summed E-state index contributed by atoms with van der Waals surface area (Å²) in [4.78, 5) is 2.52. The summed E-state index contributed by atoms with van der Waals surface area (Å²) in [5.41, 5.74) is 8.31. The molecule has 0 aliphatic carbocycles. The maximum atomic E-state index is 6.11. The second-order valence-corrected chi connectivity index (χ2v) is 5.41. The maximum Gasteiger partial charge on any atom is 0.0447 e. The van der Waals surface area contributed by atoms with E-state index in [9.17, 15) is 0 Å². The predicted molar refractivity (Wildman–Crippen MR) is 90.4 cm³/mol. The number of nitrogens with two attached hydrogens (primary N) is 1. The summed E-state index contributed by atoms with van der Waals surface area (Å²) in [6.45, 7) is 6.76. The minimum Gasteiger partial charge on any atom is -0.398 e. The van der Waals surface area contributed by atoms with E-state index in [1.54, 1.807) is 0 Å². The fraction of sp³-hybridized carbons (Fsp3) is 0.444. The smallest absolute Gasteiger partial charge is 0.0447 e. The molecule has 0 saturated carbocycles. The van der Waals surface area contributed by atoms with Gasteiger partial charge in [0, 0.05) is 35.2 Å². The first-order valence-electron chi connectivity index (χ1n) is 7.80. The average molecular weight is 270 g/mol. The Hall–Kier alpha value is -1.70. The Balaban J connectivity index is 2.38. The van der Waals surface area contributed by atoms with Gasteiger partial charge in [0.25, 0.3) is 0 Å². The van der Waals surface area contributed by atoms with Crippen molar-refractivity contribution >= 4 is 22.1 Å². The maximum absolute atomic E-state index is 6.11. The van der Waals surface area contributed by atoms with Crippen molar-refractivity contribution in [2.75, 3.05) is 23.7 Å². The molecule has 0 atom stereocenters. The van der Waals surface area contributed by atoms with Crippen LogP contribution in [-0.4, -0.2) is 13.1 Å². The van der Waals surface area contributed by atoms with Crippen LogP contribution in [-0.2, 0) is 0 Å². The Morgan fingerprint density at radius 3 is 2.05 bits per heavy atom. The quantitative estimate of drug-likeness (QED) is 0.730. The largest absolute Gasteiger partial charge is 0.398 e. The molecule has 0 heterocycles. The third kappa shape index (κ3) is 3.24. The van der Waals surface area contributed by atoms with Crippen LogP contribution in [0.15, 0.2) is 36.4 Å². The molecule has 0 aromatic heterocycles. The van der Waals surface area contributed by atoms with Gasteiger partial charge in [0.15, 0.2) is 0 Å². The van der Waals surface area contributed by atoms with Crippen molar-refractivity contribution in [3.05, 3.63) is 36.4 Å². The highest BCUT2D eigenvalue weighted by atomic mass is 15.1. The molecule has 108 valence electrons. The first-order valence-corrected chi connectivity index (χ1v) is 7.80. The van der Waals surface area contributed by atoms with E-state index in [1.807, 2.05) is 6.07 Å². The molecule has 2 nitrogen and oxygen atoms in total. The van der Waals surface area contributed by atoms with Gasteiger partial charge >= 0.3 is 0 Å². The van der Waals surface area contributed by atoms with Crippen LogP contribution < -0.4 is 10.6 Å². The summed E-state index contributed by atoms with van der Waals surface area (Å²) in [5, 5.41) is 2.45. The average Bonchev–Trinajstić information content (AvgIpc) is 2.49. The normalized spacial score (nSPS) is 10.9. The zero-order valence-electron chi connectivity index (χ0n) is 12.7. The summed E-state index contributed by atoms with van der Waals surface area (Å²) in [6, 6.07) is 12.7. The molecule has 0 amide bonds. The molecule has 0 unspecified atom stereocenters. The number of fused-ring (bicyclic) bond motifs is 1. The van der Waals surface area contributed by atoms with Gasteiger partial charge in [-0.2, -0.15) is 0 Å². The molecule has 2 aromatic rings. The summed E-state index contributed by atoms with van der Waals surface area (Å²) in [5.74, 6) is 0. The SMILES string of the molecule is CCCCN(CCCC)c1ccc(N)c2ccccc12. The van der Waals surface area contributed by atoms with Gasteiger partial charge in [-0.3, -0.25) is 0 Å². The van der Waals surface area contributed by atoms with Gasteiger partial charge < -0.3 is 10.6 Å². The zero-order valence-corrected chi connectivity index (χ0v) is 12.7. The van der Waals surface area contributed by atoms with E-state index in [4.69, 9.17) is 5.73 Å². The Bertz CT molecular complexity index is 540. The highest BCUT2D eigenvalue weighted by molar-refractivity contribution is 6.01. The van der Waals surface area contributed by atoms with E-state index < -0.39 is 0 Å². The standard InChI is InChI=1S/C18H26N2/c1-3-5-13-20(14-6-4-2)18-12-11-17(19)15-9-7-8-10-16(15)18/h7-12H,3-6,13-14,19H2,1-2H3. The summed E-state index contributed by atoms with van der Waals surface area (Å²) < 4.78 is 0. The number of anilines is 2. The van der Waals surface area contributed by atoms with Gasteiger partial charge in [-0.15, -0.1) is 0 Å². The molecule has 0 saturated heterocycles. The lowest BCUT2D eigenvalue weighted by Crippen LogP contribution is -2.25. The lowest BCUT2D eigenvalue weighted by atomic mass is 10.1. The van der Waals surface area contributed by atoms with Gasteiger partial charge in [0.2, 0.25) is 0 Å². The van der Waals surface area contributed by atoms with Crippen LogP contribution in [0, 0.1) is 0 Å². The Morgan fingerprint density at radius 1 is 0.850 bits per heavy atom. The first kappa shape index (κ1) is 14.7. The van der Waals surface area contributed by atoms with Crippen LogP contribution in [0.1, 0.15) is 39.5 Å². The fourth-order valence-electron chi connectivity index (χ4n) is 2.63. The van der Waals surface area contributed by atoms with E-state index in [2.05, 4.69) is 49.1 Å². The predicted octanol–water partition coefficient (Wildman–Crippen LogP) is 4.83. The van der Waals surface area contributed by atoms with Gasteiger partial charge in [-0.05, 0) is 25.0 Å². The number of nitrogens with zero attached hydrogens (tertiary/aromatic N) is 1. The second-order valence-electron chi connectivity index (χ2n) is 5.41. The Kier molecular flexibility index (Phi) is 5.28. The highest BCUT2D eigenvalue weighted by Crippen LogP contribution is 2.31. The molecule has 0 bridgehead atoms. The van der Waals surface area contributed by atoms with Crippen LogP contribution in [0.2, 0.25) is 0 Å². The topological polar surface area (TPSA) is 29.3 Å². The third-order valence-electron chi connectivity index (χ3n) is 3.84. The summed E-state index contributed by atoms with van der Waals surface area (Å²) in [7, 11) is 0. The zero-order chi connectivity index (χ0) is 14.4. The molecule has 0 spiro atoms. The van der Waals surface area contributed by atoms with E-state index in [0.717, 1.165) is 18.8 Å². The number of unbranched alkanes of at least 4 members (excludes halogenated alkanes) is 2. The lowest BCUT2D eigenvalue weighted by Gasteiger charge is -2.26. The van der Waals surface area contributed by atoms with Gasteiger partial charge in [-0.25, -0.2) is 0 Å². The molecule has 2 N–H and O–H groups in total. The molecule has 0 aliphatic rings. The summed E-state index contributed by atoms with van der Waals surface area (Å²) >= 11 is 0. The highest BCUT2D eigenvalue weighted by Gasteiger charge is 2.10. The van der Waals surface area contributed by atoms with Crippen molar-refractivity contribution in [1.82, 2.24) is 0 Å². The lowest BCUT2D eigenvalue weighted by molar-refractivity contribution is 0.679. The number of hydrogen-bond acceptors (Lipinski definition) is 2. The number of benzene rings is 2. The van der Waals surface area contributed by atoms with Crippen LogP contribution in [0.25, 0.3) is 10.8 Å². The van der Waals surface area contributed by atoms with Crippen molar-refractivity contribution in [2.45, 2.75) is 39.5 Å². The van der Waals surface area contributed by atoms with Crippen LogP contribution in [0.5, 0.6) is 0 Å². The molecule has 0 radical (unpaired) electrons. The minimum atomic E-state index is 0.871. The first-order chi connectivity index (χ1) is 9.77. The molecular weight excluding hydrogens is 244 g/mol. The van der Waals surface area contributed by atoms with Crippen LogP contribution in [0.3, 0.4) is 0 Å². The fourth-order valence-corrected chi connectivity index (χ4v) is 2.63. The van der Waals surface area contributed by atoms with Crippen molar-refractivity contribution in [2.24, 2.45) is 0 Å². The second kappa shape index (κ2) is 7.18. The molecule has 2 aromatic carbocycles. The Labute approximate surface area is 122 Å². The molecule has 0 fully saturated rings. The number of nitrogen functional groups attached to an aromatic ring is 1. The van der Waals surface area contributed by atoms with E-state index in [1.165, 1.54) is 42.1 Å². The van der Waals surface area contributed by atoms with Crippen molar-refractivity contribution in [3.63, 3.8) is 0 Å². The van der Waals surface area contributed by atoms with Crippen molar-refractivity contribution < 1.29 is 0 Å². The molecule has 2 heteroatoms. The monoisotopic (exact) mass is 270 g/mol. The van der Waals surface area contributed by atoms with Crippen LogP contribution in [0.4, 0.5) is 11.4 Å². The number of rotatable bonds is 7. The summed E-state index contributed by atoms with van der Waals surface area (Å²) in [6.07, 6.45) is 4.94. The minimum absolute atomic E-state index is 0.871. The van der Waals surface area contributed by atoms with E-state index >= 15 is 0 Å². The van der Waals surface area contributed by atoms with Crippen molar-refractivity contribution in [3.8, 4) is 0 Å².